The normalized spacial score (nSPS) is 17.1. The number of esters is 1. The number of nitrogens with two attached hydrogens (primary N) is 1. The number of benzene rings is 1. The van der Waals surface area contributed by atoms with Gasteiger partial charge in [-0.2, -0.15) is 0 Å². The molecule has 0 heterocycles. The summed E-state index contributed by atoms with van der Waals surface area (Å²) in [5, 5.41) is 3.50. The lowest BCUT2D eigenvalue weighted by atomic mass is 9.96. The molecular formula is C16H24N2O2. The topological polar surface area (TPSA) is 64.3 Å². The van der Waals surface area contributed by atoms with Crippen LogP contribution in [0.3, 0.4) is 0 Å². The Kier molecular flexibility index (Phi) is 5.27. The van der Waals surface area contributed by atoms with Crippen LogP contribution in [0.1, 0.15) is 55.3 Å². The van der Waals surface area contributed by atoms with Crippen molar-refractivity contribution in [3.63, 3.8) is 0 Å². The number of anilines is 2. The van der Waals surface area contributed by atoms with E-state index in [0.717, 1.165) is 5.69 Å². The second kappa shape index (κ2) is 7.17. The van der Waals surface area contributed by atoms with Crippen molar-refractivity contribution < 1.29 is 9.53 Å². The Morgan fingerprint density at radius 3 is 2.50 bits per heavy atom. The summed E-state index contributed by atoms with van der Waals surface area (Å²) < 4.78 is 4.75. The van der Waals surface area contributed by atoms with Crippen LogP contribution in [0, 0.1) is 0 Å². The van der Waals surface area contributed by atoms with Crippen LogP contribution in [-0.4, -0.2) is 19.1 Å². The third kappa shape index (κ3) is 3.89. The van der Waals surface area contributed by atoms with Crippen LogP contribution in [0.2, 0.25) is 0 Å². The summed E-state index contributed by atoms with van der Waals surface area (Å²) in [6, 6.07) is 5.70. The van der Waals surface area contributed by atoms with Crippen molar-refractivity contribution in [3.05, 3.63) is 23.8 Å². The fourth-order valence-electron chi connectivity index (χ4n) is 2.75. The van der Waals surface area contributed by atoms with Crippen LogP contribution in [0.25, 0.3) is 0 Å². The zero-order chi connectivity index (χ0) is 14.4. The maximum Gasteiger partial charge on any atom is 0.337 e. The molecule has 1 aromatic carbocycles. The van der Waals surface area contributed by atoms with E-state index in [1.54, 1.807) is 18.2 Å². The van der Waals surface area contributed by atoms with Crippen LogP contribution in [-0.2, 0) is 4.74 Å². The highest BCUT2D eigenvalue weighted by molar-refractivity contribution is 5.91. The van der Waals surface area contributed by atoms with Gasteiger partial charge in [0.05, 0.1) is 24.0 Å². The number of ether oxygens (including phenoxy) is 1. The Bertz CT molecular complexity index is 452. The number of hydrogen-bond donors (Lipinski definition) is 2. The SMILES string of the molecule is COC(=O)c1ccc(N)c(NC2CCCCCCC2)c1. The minimum atomic E-state index is -0.328. The van der Waals surface area contributed by atoms with E-state index in [1.165, 1.54) is 52.1 Å². The Hall–Kier alpha value is -1.71. The van der Waals surface area contributed by atoms with Gasteiger partial charge in [-0.05, 0) is 31.0 Å². The first-order chi connectivity index (χ1) is 9.70. The first kappa shape index (κ1) is 14.7. The highest BCUT2D eigenvalue weighted by Gasteiger charge is 2.14. The molecule has 0 atom stereocenters. The monoisotopic (exact) mass is 276 g/mol. The molecule has 1 saturated carbocycles. The highest BCUT2D eigenvalue weighted by Crippen LogP contribution is 2.25. The molecule has 1 fully saturated rings. The van der Waals surface area contributed by atoms with Crippen molar-refractivity contribution >= 4 is 17.3 Å². The summed E-state index contributed by atoms with van der Waals surface area (Å²) in [5.41, 5.74) is 8.07. The van der Waals surface area contributed by atoms with E-state index >= 15 is 0 Å². The number of hydrogen-bond acceptors (Lipinski definition) is 4. The van der Waals surface area contributed by atoms with Crippen LogP contribution in [0.15, 0.2) is 18.2 Å². The molecule has 0 aliphatic heterocycles. The average Bonchev–Trinajstić information content (AvgIpc) is 2.43. The molecule has 0 bridgehead atoms. The summed E-state index contributed by atoms with van der Waals surface area (Å²) in [6.45, 7) is 0. The molecule has 0 aromatic heterocycles. The second-order valence-corrected chi connectivity index (χ2v) is 5.48. The number of nitrogens with one attached hydrogen (secondary N) is 1. The summed E-state index contributed by atoms with van der Waals surface area (Å²) >= 11 is 0. The van der Waals surface area contributed by atoms with Crippen LogP contribution in [0.4, 0.5) is 11.4 Å². The van der Waals surface area contributed by atoms with E-state index in [4.69, 9.17) is 10.5 Å². The lowest BCUT2D eigenvalue weighted by Gasteiger charge is -2.23. The quantitative estimate of drug-likeness (QED) is 0.654. The maximum absolute atomic E-state index is 11.6. The van der Waals surface area contributed by atoms with Gasteiger partial charge in [0.15, 0.2) is 0 Å². The molecule has 4 heteroatoms. The maximum atomic E-state index is 11.6. The van der Waals surface area contributed by atoms with Gasteiger partial charge in [-0.3, -0.25) is 0 Å². The van der Waals surface area contributed by atoms with Gasteiger partial charge >= 0.3 is 5.97 Å². The van der Waals surface area contributed by atoms with Gasteiger partial charge in [0, 0.05) is 6.04 Å². The van der Waals surface area contributed by atoms with Crippen molar-refractivity contribution in [1.29, 1.82) is 0 Å². The van der Waals surface area contributed by atoms with E-state index in [-0.39, 0.29) is 5.97 Å². The molecule has 0 radical (unpaired) electrons. The molecule has 110 valence electrons. The highest BCUT2D eigenvalue weighted by atomic mass is 16.5. The van der Waals surface area contributed by atoms with Gasteiger partial charge in [-0.1, -0.05) is 32.1 Å². The Morgan fingerprint density at radius 1 is 1.20 bits per heavy atom. The summed E-state index contributed by atoms with van der Waals surface area (Å²) in [7, 11) is 1.39. The molecular weight excluding hydrogens is 252 g/mol. The zero-order valence-electron chi connectivity index (χ0n) is 12.2. The molecule has 0 unspecified atom stereocenters. The average molecular weight is 276 g/mol. The van der Waals surface area contributed by atoms with Crippen molar-refractivity contribution in [2.75, 3.05) is 18.2 Å². The Balaban J connectivity index is 2.08. The molecule has 1 aromatic rings. The van der Waals surface area contributed by atoms with Crippen LogP contribution < -0.4 is 11.1 Å². The van der Waals surface area contributed by atoms with Gasteiger partial charge in [0.25, 0.3) is 0 Å². The predicted molar refractivity (Wildman–Crippen MR) is 81.9 cm³/mol. The third-order valence-electron chi connectivity index (χ3n) is 3.94. The standard InChI is InChI=1S/C16H24N2O2/c1-20-16(19)12-9-10-14(17)15(11-12)18-13-7-5-3-2-4-6-8-13/h9-11,13,18H,2-8,17H2,1H3. The van der Waals surface area contributed by atoms with Crippen molar-refractivity contribution in [3.8, 4) is 0 Å². The number of carbonyl (C=O) groups excluding carboxylic acids is 1. The van der Waals surface area contributed by atoms with E-state index < -0.39 is 0 Å². The minimum absolute atomic E-state index is 0.328. The summed E-state index contributed by atoms with van der Waals surface area (Å²) in [5.74, 6) is -0.328. The van der Waals surface area contributed by atoms with E-state index in [2.05, 4.69) is 5.32 Å². The first-order valence-corrected chi connectivity index (χ1v) is 7.45. The number of rotatable bonds is 3. The fraction of sp³-hybridized carbons (Fsp3) is 0.562. The van der Waals surface area contributed by atoms with Gasteiger partial charge in [-0.25, -0.2) is 4.79 Å². The molecule has 0 spiro atoms. The zero-order valence-corrected chi connectivity index (χ0v) is 12.2. The Morgan fingerprint density at radius 2 is 1.85 bits per heavy atom. The number of nitrogen functional groups attached to an aromatic ring is 1. The summed E-state index contributed by atoms with van der Waals surface area (Å²) in [4.78, 5) is 11.6. The third-order valence-corrected chi connectivity index (χ3v) is 3.94. The molecule has 0 saturated heterocycles. The summed E-state index contributed by atoms with van der Waals surface area (Å²) in [6.07, 6.45) is 8.84. The first-order valence-electron chi connectivity index (χ1n) is 7.45. The van der Waals surface area contributed by atoms with E-state index in [1.807, 2.05) is 0 Å². The fourth-order valence-corrected chi connectivity index (χ4v) is 2.75. The molecule has 3 N–H and O–H groups in total. The van der Waals surface area contributed by atoms with Gasteiger partial charge in [0.1, 0.15) is 0 Å². The molecule has 1 aliphatic carbocycles. The van der Waals surface area contributed by atoms with E-state index in [9.17, 15) is 4.79 Å². The minimum Gasteiger partial charge on any atom is -0.465 e. The lowest BCUT2D eigenvalue weighted by molar-refractivity contribution is 0.0601. The smallest absolute Gasteiger partial charge is 0.337 e. The largest absolute Gasteiger partial charge is 0.465 e. The van der Waals surface area contributed by atoms with Crippen molar-refractivity contribution in [1.82, 2.24) is 0 Å². The molecule has 20 heavy (non-hydrogen) atoms. The van der Waals surface area contributed by atoms with Crippen LogP contribution in [0.5, 0.6) is 0 Å². The second-order valence-electron chi connectivity index (χ2n) is 5.48. The Labute approximate surface area is 120 Å². The van der Waals surface area contributed by atoms with E-state index in [0.29, 0.717) is 17.3 Å². The molecule has 2 rings (SSSR count). The van der Waals surface area contributed by atoms with Crippen molar-refractivity contribution in [2.45, 2.75) is 51.0 Å². The number of methoxy groups -OCH3 is 1. The lowest BCUT2D eigenvalue weighted by Crippen LogP contribution is -2.21. The molecule has 4 nitrogen and oxygen atoms in total. The van der Waals surface area contributed by atoms with Gasteiger partial charge in [-0.15, -0.1) is 0 Å². The molecule has 0 amide bonds. The number of carbonyl (C=O) groups is 1. The van der Waals surface area contributed by atoms with Crippen LogP contribution >= 0.6 is 0 Å². The van der Waals surface area contributed by atoms with Gasteiger partial charge in [0.2, 0.25) is 0 Å². The van der Waals surface area contributed by atoms with Gasteiger partial charge < -0.3 is 15.8 Å². The molecule has 1 aliphatic rings. The van der Waals surface area contributed by atoms with Crippen molar-refractivity contribution in [2.24, 2.45) is 0 Å². The predicted octanol–water partition coefficient (Wildman–Crippen LogP) is 3.58.